The van der Waals surface area contributed by atoms with Crippen LogP contribution in [-0.4, -0.2) is 34.8 Å². The lowest BCUT2D eigenvalue weighted by Crippen LogP contribution is -2.45. The normalized spacial score (nSPS) is 18.3. The van der Waals surface area contributed by atoms with Crippen molar-refractivity contribution in [1.82, 2.24) is 20.4 Å². The molecule has 1 aliphatic rings. The molecule has 1 atom stereocenters. The van der Waals surface area contributed by atoms with Crippen molar-refractivity contribution in [2.45, 2.75) is 31.8 Å². The maximum atomic E-state index is 11.6. The molecule has 0 saturated carbocycles. The second-order valence-electron chi connectivity index (χ2n) is 4.13. The number of aryl methyl sites for hydroxylation is 1. The lowest BCUT2D eigenvalue weighted by atomic mass is 10.1. The molecule has 5 nitrogen and oxygen atoms in total. The highest BCUT2D eigenvalue weighted by molar-refractivity contribution is 5.85. The Bertz CT molecular complexity index is 326. The summed E-state index contributed by atoms with van der Waals surface area (Å²) in [7, 11) is 0. The van der Waals surface area contributed by atoms with Crippen LogP contribution in [0.3, 0.4) is 0 Å². The lowest BCUT2D eigenvalue weighted by Gasteiger charge is -2.23. The fourth-order valence-electron chi connectivity index (χ4n) is 1.92. The van der Waals surface area contributed by atoms with Gasteiger partial charge in [-0.1, -0.05) is 0 Å². The van der Waals surface area contributed by atoms with E-state index in [1.807, 2.05) is 12.3 Å². The molecule has 0 bridgehead atoms. The molecule has 0 spiro atoms. The van der Waals surface area contributed by atoms with Gasteiger partial charge in [-0.2, -0.15) is 5.10 Å². The van der Waals surface area contributed by atoms with Crippen molar-refractivity contribution < 1.29 is 4.79 Å². The SMILES string of the molecule is Cl.Cl.O=C(CCn1cccn1)N[C@H]1CCCNC1. The van der Waals surface area contributed by atoms with Gasteiger partial charge < -0.3 is 10.6 Å². The summed E-state index contributed by atoms with van der Waals surface area (Å²) in [5.74, 6) is 0.115. The molecule has 1 aromatic heterocycles. The van der Waals surface area contributed by atoms with E-state index in [0.717, 1.165) is 25.9 Å². The summed E-state index contributed by atoms with van der Waals surface area (Å²) < 4.78 is 1.78. The summed E-state index contributed by atoms with van der Waals surface area (Å²) in [5.41, 5.74) is 0. The first-order valence-electron chi connectivity index (χ1n) is 5.82. The predicted octanol–water partition coefficient (Wildman–Crippen LogP) is 0.985. The first-order chi connectivity index (χ1) is 7.84. The van der Waals surface area contributed by atoms with Gasteiger partial charge in [0.05, 0.1) is 0 Å². The Morgan fingerprint density at radius 3 is 2.94 bits per heavy atom. The van der Waals surface area contributed by atoms with Crippen LogP contribution in [0.25, 0.3) is 0 Å². The fourth-order valence-corrected chi connectivity index (χ4v) is 1.92. The molecule has 0 radical (unpaired) electrons. The number of hydrogen-bond acceptors (Lipinski definition) is 3. The number of rotatable bonds is 4. The average molecular weight is 295 g/mol. The Morgan fingerprint density at radius 2 is 2.33 bits per heavy atom. The van der Waals surface area contributed by atoms with Crippen LogP contribution in [0.1, 0.15) is 19.3 Å². The van der Waals surface area contributed by atoms with Crippen LogP contribution in [0.2, 0.25) is 0 Å². The minimum absolute atomic E-state index is 0. The first-order valence-corrected chi connectivity index (χ1v) is 5.82. The third-order valence-electron chi connectivity index (χ3n) is 2.79. The van der Waals surface area contributed by atoms with E-state index in [2.05, 4.69) is 15.7 Å². The van der Waals surface area contributed by atoms with Crippen molar-refractivity contribution >= 4 is 30.7 Å². The lowest BCUT2D eigenvalue weighted by molar-refractivity contribution is -0.122. The van der Waals surface area contributed by atoms with Crippen LogP contribution in [0, 0.1) is 0 Å². The molecule has 7 heteroatoms. The molecule has 1 aliphatic heterocycles. The molecule has 2 N–H and O–H groups in total. The Morgan fingerprint density at radius 1 is 1.50 bits per heavy atom. The summed E-state index contributed by atoms with van der Waals surface area (Å²) >= 11 is 0. The highest BCUT2D eigenvalue weighted by Crippen LogP contribution is 2.01. The van der Waals surface area contributed by atoms with Crippen LogP contribution < -0.4 is 10.6 Å². The molecule has 0 unspecified atom stereocenters. The number of aromatic nitrogens is 2. The van der Waals surface area contributed by atoms with Gasteiger partial charge in [0.25, 0.3) is 0 Å². The molecule has 1 amide bonds. The largest absolute Gasteiger partial charge is 0.352 e. The van der Waals surface area contributed by atoms with E-state index in [0.29, 0.717) is 19.0 Å². The summed E-state index contributed by atoms with van der Waals surface area (Å²) in [6.45, 7) is 2.62. The molecular weight excluding hydrogens is 275 g/mol. The van der Waals surface area contributed by atoms with Gasteiger partial charge in [0.2, 0.25) is 5.91 Å². The highest BCUT2D eigenvalue weighted by Gasteiger charge is 2.14. The van der Waals surface area contributed by atoms with Crippen LogP contribution in [0.5, 0.6) is 0 Å². The number of nitrogens with one attached hydrogen (secondary N) is 2. The maximum Gasteiger partial charge on any atom is 0.222 e. The molecule has 2 heterocycles. The van der Waals surface area contributed by atoms with Gasteiger partial charge in [-0.15, -0.1) is 24.8 Å². The molecule has 1 fully saturated rings. The fraction of sp³-hybridized carbons (Fsp3) is 0.636. The number of carbonyl (C=O) groups excluding carboxylic acids is 1. The molecule has 1 aromatic rings. The summed E-state index contributed by atoms with van der Waals surface area (Å²) in [6, 6.07) is 2.17. The predicted molar refractivity (Wildman–Crippen MR) is 75.4 cm³/mol. The molecular formula is C11H20Cl2N4O. The Kier molecular flexibility index (Phi) is 8.79. The Balaban J connectivity index is 0.00000144. The van der Waals surface area contributed by atoms with Gasteiger partial charge in [-0.05, 0) is 25.5 Å². The molecule has 18 heavy (non-hydrogen) atoms. The van der Waals surface area contributed by atoms with Gasteiger partial charge in [-0.3, -0.25) is 9.48 Å². The average Bonchev–Trinajstić information content (AvgIpc) is 2.81. The van der Waals surface area contributed by atoms with E-state index in [4.69, 9.17) is 0 Å². The van der Waals surface area contributed by atoms with E-state index in [1.165, 1.54) is 0 Å². The first kappa shape index (κ1) is 17.2. The van der Waals surface area contributed by atoms with E-state index in [-0.39, 0.29) is 30.7 Å². The van der Waals surface area contributed by atoms with Gasteiger partial charge >= 0.3 is 0 Å². The zero-order valence-electron chi connectivity index (χ0n) is 10.2. The van der Waals surface area contributed by atoms with Crippen molar-refractivity contribution in [3.8, 4) is 0 Å². The standard InChI is InChI=1S/C11H18N4O.2ClH/c16-11(4-8-15-7-2-6-13-15)14-10-3-1-5-12-9-10;;/h2,6-7,10,12H,1,3-5,8-9H2,(H,14,16);2*1H/t10-;;/m0../s1. The zero-order valence-corrected chi connectivity index (χ0v) is 11.8. The number of amides is 1. The summed E-state index contributed by atoms with van der Waals surface area (Å²) in [5, 5.41) is 10.4. The van der Waals surface area contributed by atoms with Crippen molar-refractivity contribution in [3.63, 3.8) is 0 Å². The summed E-state index contributed by atoms with van der Waals surface area (Å²) in [4.78, 5) is 11.6. The second kappa shape index (κ2) is 9.19. The highest BCUT2D eigenvalue weighted by atomic mass is 35.5. The zero-order chi connectivity index (χ0) is 11.2. The number of piperidine rings is 1. The van der Waals surface area contributed by atoms with Crippen LogP contribution >= 0.6 is 24.8 Å². The van der Waals surface area contributed by atoms with Crippen molar-refractivity contribution in [2.24, 2.45) is 0 Å². The van der Waals surface area contributed by atoms with Crippen molar-refractivity contribution in [2.75, 3.05) is 13.1 Å². The maximum absolute atomic E-state index is 11.6. The van der Waals surface area contributed by atoms with Crippen LogP contribution in [0.15, 0.2) is 18.5 Å². The quantitative estimate of drug-likeness (QED) is 0.871. The van der Waals surface area contributed by atoms with E-state index < -0.39 is 0 Å². The summed E-state index contributed by atoms with van der Waals surface area (Å²) in [6.07, 6.45) is 6.32. The third kappa shape index (κ3) is 5.71. The van der Waals surface area contributed by atoms with Gasteiger partial charge in [-0.25, -0.2) is 0 Å². The van der Waals surface area contributed by atoms with Gasteiger partial charge in [0, 0.05) is 37.9 Å². The molecule has 0 aromatic carbocycles. The number of carbonyl (C=O) groups is 1. The van der Waals surface area contributed by atoms with E-state index in [1.54, 1.807) is 10.9 Å². The van der Waals surface area contributed by atoms with Crippen molar-refractivity contribution in [3.05, 3.63) is 18.5 Å². The van der Waals surface area contributed by atoms with Crippen molar-refractivity contribution in [1.29, 1.82) is 0 Å². The van der Waals surface area contributed by atoms with E-state index >= 15 is 0 Å². The smallest absolute Gasteiger partial charge is 0.222 e. The minimum atomic E-state index is 0. The Labute approximate surface area is 120 Å². The van der Waals surface area contributed by atoms with Gasteiger partial charge in [0.1, 0.15) is 0 Å². The van der Waals surface area contributed by atoms with Gasteiger partial charge in [0.15, 0.2) is 0 Å². The Hall–Kier alpha value is -0.780. The monoisotopic (exact) mass is 294 g/mol. The van der Waals surface area contributed by atoms with Crippen LogP contribution in [-0.2, 0) is 11.3 Å². The molecule has 1 saturated heterocycles. The molecule has 2 rings (SSSR count). The minimum Gasteiger partial charge on any atom is -0.352 e. The number of nitrogens with zero attached hydrogens (tertiary/aromatic N) is 2. The second-order valence-corrected chi connectivity index (χ2v) is 4.13. The molecule has 104 valence electrons. The number of halogens is 2. The van der Waals surface area contributed by atoms with E-state index in [9.17, 15) is 4.79 Å². The topological polar surface area (TPSA) is 59.0 Å². The molecule has 0 aliphatic carbocycles. The third-order valence-corrected chi connectivity index (χ3v) is 2.79. The van der Waals surface area contributed by atoms with Crippen LogP contribution in [0.4, 0.5) is 0 Å². The number of hydrogen-bond donors (Lipinski definition) is 2.